The van der Waals surface area contributed by atoms with Crippen LogP contribution in [0.25, 0.3) is 0 Å². The lowest BCUT2D eigenvalue weighted by atomic mass is 10.2. The predicted octanol–water partition coefficient (Wildman–Crippen LogP) is 1.74. The third-order valence-electron chi connectivity index (χ3n) is 4.60. The van der Waals surface area contributed by atoms with Gasteiger partial charge in [-0.2, -0.15) is 4.31 Å². The number of aryl methyl sites for hydroxylation is 1. The van der Waals surface area contributed by atoms with Crippen molar-refractivity contribution in [2.45, 2.75) is 23.8 Å². The number of carbonyl (C=O) groups excluding carboxylic acids is 2. The molecular formula is C18H20FN3O5S. The van der Waals surface area contributed by atoms with Gasteiger partial charge in [0.05, 0.1) is 7.11 Å². The largest absolute Gasteiger partial charge is 0.464 e. The molecule has 0 unspecified atom stereocenters. The zero-order valence-electron chi connectivity index (χ0n) is 15.4. The average Bonchev–Trinajstić information content (AvgIpc) is 3.30. The monoisotopic (exact) mass is 409 g/mol. The SMILES string of the molecule is COC(=O)c1cc(S(=O)(=O)N2CCC[C@@H]2C(=O)Nc2ccc(F)cc2)cn1C. The highest BCUT2D eigenvalue weighted by Crippen LogP contribution is 2.28. The number of halogens is 1. The number of nitrogens with zero attached hydrogens (tertiary/aromatic N) is 2. The molecule has 0 radical (unpaired) electrons. The van der Waals surface area contributed by atoms with Crippen LogP contribution in [-0.4, -0.2) is 48.9 Å². The van der Waals surface area contributed by atoms with Gasteiger partial charge in [0, 0.05) is 25.5 Å². The molecular weight excluding hydrogens is 389 g/mol. The standard InChI is InChI=1S/C18H20FN3O5S/c1-21-11-14(10-16(21)18(24)27-2)28(25,26)22-9-3-4-15(22)17(23)20-13-7-5-12(19)6-8-13/h5-8,10-11,15H,3-4,9H2,1-2H3,(H,20,23)/t15-/m1/s1. The van der Waals surface area contributed by atoms with Gasteiger partial charge in [-0.3, -0.25) is 4.79 Å². The fourth-order valence-electron chi connectivity index (χ4n) is 3.17. The maximum absolute atomic E-state index is 13.1. The van der Waals surface area contributed by atoms with Gasteiger partial charge in [-0.15, -0.1) is 0 Å². The summed E-state index contributed by atoms with van der Waals surface area (Å²) in [6, 6.07) is 5.56. The van der Waals surface area contributed by atoms with Crippen molar-refractivity contribution >= 4 is 27.6 Å². The first-order chi connectivity index (χ1) is 13.2. The maximum atomic E-state index is 13.1. The molecule has 8 nitrogen and oxygen atoms in total. The van der Waals surface area contributed by atoms with Crippen LogP contribution in [0.2, 0.25) is 0 Å². The average molecular weight is 409 g/mol. The number of carbonyl (C=O) groups is 2. The fraction of sp³-hybridized carbons (Fsp3) is 0.333. The normalized spacial score (nSPS) is 17.5. The molecule has 1 amide bonds. The van der Waals surface area contributed by atoms with Gasteiger partial charge >= 0.3 is 5.97 Å². The lowest BCUT2D eigenvalue weighted by Gasteiger charge is -2.22. The van der Waals surface area contributed by atoms with E-state index in [1.165, 1.54) is 55.3 Å². The van der Waals surface area contributed by atoms with Gasteiger partial charge in [-0.05, 0) is 43.2 Å². The van der Waals surface area contributed by atoms with E-state index in [4.69, 9.17) is 0 Å². The molecule has 3 rings (SSSR count). The second-order valence-corrected chi connectivity index (χ2v) is 8.32. The Morgan fingerprint density at radius 1 is 1.25 bits per heavy atom. The predicted molar refractivity (Wildman–Crippen MR) is 98.7 cm³/mol. The van der Waals surface area contributed by atoms with Crippen LogP contribution in [0.1, 0.15) is 23.3 Å². The molecule has 1 N–H and O–H groups in total. The molecule has 1 fully saturated rings. The Balaban J connectivity index is 1.84. The number of hydrogen-bond donors (Lipinski definition) is 1. The summed E-state index contributed by atoms with van der Waals surface area (Å²) in [6.45, 7) is 0.187. The van der Waals surface area contributed by atoms with Crippen molar-refractivity contribution in [1.82, 2.24) is 8.87 Å². The lowest BCUT2D eigenvalue weighted by Crippen LogP contribution is -2.43. The van der Waals surface area contributed by atoms with Crippen LogP contribution in [0.5, 0.6) is 0 Å². The number of aromatic nitrogens is 1. The number of amides is 1. The molecule has 150 valence electrons. The molecule has 1 atom stereocenters. The Bertz CT molecular complexity index is 1000. The molecule has 0 saturated carbocycles. The molecule has 0 aliphatic carbocycles. The Morgan fingerprint density at radius 2 is 1.93 bits per heavy atom. The summed E-state index contributed by atoms with van der Waals surface area (Å²) >= 11 is 0. The number of rotatable bonds is 5. The summed E-state index contributed by atoms with van der Waals surface area (Å²) in [5, 5.41) is 2.62. The topological polar surface area (TPSA) is 97.7 Å². The molecule has 10 heteroatoms. The Hall–Kier alpha value is -2.72. The number of sulfonamides is 1. The fourth-order valence-corrected chi connectivity index (χ4v) is 4.90. The van der Waals surface area contributed by atoms with Gasteiger partial charge in [-0.1, -0.05) is 0 Å². The Morgan fingerprint density at radius 3 is 2.57 bits per heavy atom. The molecule has 1 aliphatic rings. The number of benzene rings is 1. The minimum atomic E-state index is -3.99. The smallest absolute Gasteiger partial charge is 0.354 e. The summed E-state index contributed by atoms with van der Waals surface area (Å²) in [5.74, 6) is -1.58. The number of esters is 1. The van der Waals surface area contributed by atoms with Gasteiger partial charge in [0.2, 0.25) is 15.9 Å². The summed E-state index contributed by atoms with van der Waals surface area (Å²) in [7, 11) is -1.25. The van der Waals surface area contributed by atoms with Crippen molar-refractivity contribution in [3.05, 3.63) is 48.0 Å². The summed E-state index contributed by atoms with van der Waals surface area (Å²) in [4.78, 5) is 24.3. The van der Waals surface area contributed by atoms with E-state index in [-0.39, 0.29) is 17.1 Å². The lowest BCUT2D eigenvalue weighted by molar-refractivity contribution is -0.119. The third kappa shape index (κ3) is 3.78. The van der Waals surface area contributed by atoms with E-state index in [1.807, 2.05) is 0 Å². The zero-order chi connectivity index (χ0) is 20.5. The molecule has 1 aromatic heterocycles. The summed E-state index contributed by atoms with van der Waals surface area (Å²) in [6.07, 6.45) is 2.20. The van der Waals surface area contributed by atoms with Gasteiger partial charge in [0.15, 0.2) is 0 Å². The molecule has 0 bridgehead atoms. The van der Waals surface area contributed by atoms with E-state index in [2.05, 4.69) is 10.1 Å². The van der Waals surface area contributed by atoms with Gasteiger partial charge in [0.25, 0.3) is 0 Å². The van der Waals surface area contributed by atoms with E-state index >= 15 is 0 Å². The van der Waals surface area contributed by atoms with Crippen molar-refractivity contribution < 1.29 is 27.1 Å². The highest BCUT2D eigenvalue weighted by atomic mass is 32.2. The molecule has 1 aliphatic heterocycles. The van der Waals surface area contributed by atoms with Crippen molar-refractivity contribution in [1.29, 1.82) is 0 Å². The first-order valence-electron chi connectivity index (χ1n) is 8.57. The van der Waals surface area contributed by atoms with E-state index in [9.17, 15) is 22.4 Å². The van der Waals surface area contributed by atoms with E-state index in [0.717, 1.165) is 4.31 Å². The van der Waals surface area contributed by atoms with E-state index in [1.54, 1.807) is 0 Å². The molecule has 28 heavy (non-hydrogen) atoms. The van der Waals surface area contributed by atoms with Gasteiger partial charge in [0.1, 0.15) is 22.4 Å². The van der Waals surface area contributed by atoms with Crippen LogP contribution < -0.4 is 5.32 Å². The number of nitrogens with one attached hydrogen (secondary N) is 1. The molecule has 2 heterocycles. The second kappa shape index (κ2) is 7.72. The van der Waals surface area contributed by atoms with Crippen LogP contribution in [-0.2, 0) is 26.6 Å². The molecule has 1 saturated heterocycles. The van der Waals surface area contributed by atoms with Crippen LogP contribution in [0, 0.1) is 5.82 Å². The number of anilines is 1. The van der Waals surface area contributed by atoms with Crippen molar-refractivity contribution in [3.63, 3.8) is 0 Å². The maximum Gasteiger partial charge on any atom is 0.354 e. The van der Waals surface area contributed by atoms with E-state index < -0.39 is 33.8 Å². The highest BCUT2D eigenvalue weighted by Gasteiger charge is 2.40. The first kappa shape index (κ1) is 20.0. The van der Waals surface area contributed by atoms with Crippen molar-refractivity contribution in [2.75, 3.05) is 19.0 Å². The van der Waals surface area contributed by atoms with Crippen molar-refractivity contribution in [3.8, 4) is 0 Å². The second-order valence-electron chi connectivity index (χ2n) is 6.43. The summed E-state index contributed by atoms with van der Waals surface area (Å²) < 4.78 is 46.3. The third-order valence-corrected chi connectivity index (χ3v) is 6.47. The molecule has 2 aromatic rings. The first-order valence-corrected chi connectivity index (χ1v) is 10.0. The quantitative estimate of drug-likeness (QED) is 0.759. The number of hydrogen-bond acceptors (Lipinski definition) is 5. The Kier molecular flexibility index (Phi) is 5.52. The van der Waals surface area contributed by atoms with Gasteiger partial charge in [-0.25, -0.2) is 17.6 Å². The summed E-state index contributed by atoms with van der Waals surface area (Å²) in [5.41, 5.74) is 0.468. The minimum absolute atomic E-state index is 0.0862. The van der Waals surface area contributed by atoms with E-state index in [0.29, 0.717) is 18.5 Å². The van der Waals surface area contributed by atoms with Crippen LogP contribution in [0.3, 0.4) is 0 Å². The zero-order valence-corrected chi connectivity index (χ0v) is 16.2. The number of ether oxygens (including phenoxy) is 1. The Labute approximate surface area is 161 Å². The highest BCUT2D eigenvalue weighted by molar-refractivity contribution is 7.89. The molecule has 1 aromatic carbocycles. The van der Waals surface area contributed by atoms with Crippen LogP contribution in [0.4, 0.5) is 10.1 Å². The van der Waals surface area contributed by atoms with Gasteiger partial charge < -0.3 is 14.6 Å². The minimum Gasteiger partial charge on any atom is -0.464 e. The van der Waals surface area contributed by atoms with Crippen LogP contribution >= 0.6 is 0 Å². The van der Waals surface area contributed by atoms with Crippen molar-refractivity contribution in [2.24, 2.45) is 7.05 Å². The van der Waals surface area contributed by atoms with Crippen LogP contribution in [0.15, 0.2) is 41.4 Å². The molecule has 0 spiro atoms. The number of methoxy groups -OCH3 is 1.